The van der Waals surface area contributed by atoms with Crippen LogP contribution in [0.2, 0.25) is 0 Å². The van der Waals surface area contributed by atoms with Crippen molar-refractivity contribution in [1.29, 1.82) is 0 Å². The summed E-state index contributed by atoms with van der Waals surface area (Å²) in [5, 5.41) is 4.30. The van der Waals surface area contributed by atoms with Crippen LogP contribution in [0.3, 0.4) is 0 Å². The Morgan fingerprint density at radius 1 is 0.857 bits per heavy atom. The van der Waals surface area contributed by atoms with Gasteiger partial charge in [-0.05, 0) is 40.3 Å². The maximum atomic E-state index is 5.44. The highest BCUT2D eigenvalue weighted by Crippen LogP contribution is 2.18. The molecular weight excluding hydrogens is 473 g/mol. The minimum absolute atomic E-state index is 0.430. The van der Waals surface area contributed by atoms with E-state index in [1.807, 2.05) is 24.3 Å². The van der Waals surface area contributed by atoms with Gasteiger partial charge in [-0.3, -0.25) is 0 Å². The molecule has 10 heteroatoms. The van der Waals surface area contributed by atoms with Crippen molar-refractivity contribution in [3.8, 4) is 0 Å². The molecule has 28 heavy (non-hydrogen) atoms. The molecule has 0 saturated carbocycles. The fraction of sp³-hybridized carbons (Fsp3) is 0.444. The van der Waals surface area contributed by atoms with Gasteiger partial charge in [0.15, 0.2) is 0 Å². The van der Waals surface area contributed by atoms with Crippen LogP contribution in [-0.4, -0.2) is 73.8 Å². The fourth-order valence-electron chi connectivity index (χ4n) is 2.93. The minimum atomic E-state index is 0.430. The smallest absolute Gasteiger partial charge is 0.250 e. The number of ether oxygens (including phenoxy) is 2. The van der Waals surface area contributed by atoms with E-state index in [1.54, 1.807) is 6.21 Å². The van der Waals surface area contributed by atoms with Crippen LogP contribution in [-0.2, 0) is 9.47 Å². The lowest BCUT2D eigenvalue weighted by Crippen LogP contribution is -2.40. The number of hydrogen-bond donors (Lipinski definition) is 1. The predicted octanol–water partition coefficient (Wildman–Crippen LogP) is 1.60. The molecule has 2 aliphatic rings. The summed E-state index contributed by atoms with van der Waals surface area (Å²) in [6.07, 6.45) is 1.75. The van der Waals surface area contributed by atoms with E-state index < -0.39 is 0 Å². The largest absolute Gasteiger partial charge is 0.378 e. The molecule has 9 nitrogen and oxygen atoms in total. The van der Waals surface area contributed by atoms with Crippen LogP contribution in [0, 0.1) is 3.57 Å². The molecule has 148 valence electrons. The normalized spacial score (nSPS) is 17.9. The van der Waals surface area contributed by atoms with Crippen LogP contribution >= 0.6 is 22.6 Å². The lowest BCUT2D eigenvalue weighted by molar-refractivity contribution is 0.121. The number of benzene rings is 1. The van der Waals surface area contributed by atoms with Gasteiger partial charge in [0.05, 0.1) is 32.6 Å². The van der Waals surface area contributed by atoms with Crippen molar-refractivity contribution in [2.24, 2.45) is 5.10 Å². The van der Waals surface area contributed by atoms with Crippen molar-refractivity contribution in [1.82, 2.24) is 15.0 Å². The average molecular weight is 495 g/mol. The first kappa shape index (κ1) is 19.3. The third-order valence-electron chi connectivity index (χ3n) is 4.45. The van der Waals surface area contributed by atoms with Crippen molar-refractivity contribution >= 4 is 46.7 Å². The summed E-state index contributed by atoms with van der Waals surface area (Å²) in [7, 11) is 0. The Kier molecular flexibility index (Phi) is 6.49. The molecule has 4 rings (SSSR count). The van der Waals surface area contributed by atoms with E-state index in [2.05, 4.69) is 57.9 Å². The molecule has 1 aromatic heterocycles. The molecule has 0 bridgehead atoms. The Hall–Kier alpha value is -2.05. The van der Waals surface area contributed by atoms with Gasteiger partial charge in [0, 0.05) is 29.7 Å². The summed E-state index contributed by atoms with van der Waals surface area (Å²) in [6, 6.07) is 8.10. The SMILES string of the molecule is Ic1ccc(/C=N/Nc2nc(N3CCOCC3)nc(N3CCOCC3)n2)cc1. The molecule has 0 radical (unpaired) electrons. The number of hydrogen-bond acceptors (Lipinski definition) is 9. The topological polar surface area (TPSA) is 88.0 Å². The standard InChI is InChI=1S/C18H22IN7O2/c19-15-3-1-14(2-4-15)13-20-24-16-21-17(25-5-9-27-10-6-25)23-18(22-16)26-7-11-28-12-8-26/h1-4,13H,5-12H2,(H,21,22,23,24)/b20-13+. The molecule has 1 N–H and O–H groups in total. The molecule has 3 heterocycles. The van der Waals surface area contributed by atoms with Gasteiger partial charge in [-0.25, -0.2) is 5.43 Å². The zero-order valence-electron chi connectivity index (χ0n) is 15.4. The van der Waals surface area contributed by atoms with Gasteiger partial charge in [0.1, 0.15) is 0 Å². The Morgan fingerprint density at radius 2 is 1.39 bits per heavy atom. The summed E-state index contributed by atoms with van der Waals surface area (Å²) in [4.78, 5) is 18.0. The number of hydrazone groups is 1. The quantitative estimate of drug-likeness (QED) is 0.381. The lowest BCUT2D eigenvalue weighted by atomic mass is 10.2. The molecule has 2 aromatic rings. The van der Waals surface area contributed by atoms with Crippen LogP contribution < -0.4 is 15.2 Å². The highest BCUT2D eigenvalue weighted by molar-refractivity contribution is 14.1. The number of nitrogens with zero attached hydrogens (tertiary/aromatic N) is 6. The van der Waals surface area contributed by atoms with Crippen LogP contribution in [0.5, 0.6) is 0 Å². The fourth-order valence-corrected chi connectivity index (χ4v) is 3.29. The molecule has 2 fully saturated rings. The average Bonchev–Trinajstić information content (AvgIpc) is 2.76. The number of halogens is 1. The van der Waals surface area contributed by atoms with Gasteiger partial charge in [-0.1, -0.05) is 12.1 Å². The maximum absolute atomic E-state index is 5.44. The molecule has 0 amide bonds. The van der Waals surface area contributed by atoms with Crippen LogP contribution in [0.4, 0.5) is 17.8 Å². The second-order valence-corrected chi connectivity index (χ2v) is 7.63. The summed E-state index contributed by atoms with van der Waals surface area (Å²) in [6.45, 7) is 5.74. The molecule has 1 aromatic carbocycles. The number of aromatic nitrogens is 3. The summed E-state index contributed by atoms with van der Waals surface area (Å²) in [5.41, 5.74) is 3.96. The van der Waals surface area contributed by atoms with Crippen molar-refractivity contribution < 1.29 is 9.47 Å². The Morgan fingerprint density at radius 3 is 1.93 bits per heavy atom. The Labute approximate surface area is 177 Å². The lowest BCUT2D eigenvalue weighted by Gasteiger charge is -2.30. The molecule has 0 unspecified atom stereocenters. The number of anilines is 3. The molecule has 2 saturated heterocycles. The van der Waals surface area contributed by atoms with E-state index in [-0.39, 0.29) is 0 Å². The third kappa shape index (κ3) is 5.06. The first-order chi connectivity index (χ1) is 13.8. The third-order valence-corrected chi connectivity index (χ3v) is 5.17. The van der Waals surface area contributed by atoms with Gasteiger partial charge >= 0.3 is 0 Å². The van der Waals surface area contributed by atoms with Gasteiger partial charge in [0.2, 0.25) is 17.8 Å². The van der Waals surface area contributed by atoms with Crippen LogP contribution in [0.1, 0.15) is 5.56 Å². The Bertz CT molecular complexity index is 770. The van der Waals surface area contributed by atoms with Gasteiger partial charge in [-0.2, -0.15) is 20.1 Å². The maximum Gasteiger partial charge on any atom is 0.250 e. The van der Waals surface area contributed by atoms with E-state index in [9.17, 15) is 0 Å². The second kappa shape index (κ2) is 9.43. The molecular formula is C18H22IN7O2. The highest BCUT2D eigenvalue weighted by atomic mass is 127. The number of nitrogens with one attached hydrogen (secondary N) is 1. The van der Waals surface area contributed by atoms with Gasteiger partial charge in [0.25, 0.3) is 0 Å². The molecule has 0 spiro atoms. The monoisotopic (exact) mass is 495 g/mol. The zero-order chi connectivity index (χ0) is 19.2. The number of rotatable bonds is 5. The van der Waals surface area contributed by atoms with Gasteiger partial charge in [-0.15, -0.1) is 0 Å². The number of morpholine rings is 2. The van der Waals surface area contributed by atoms with Crippen molar-refractivity contribution in [2.75, 3.05) is 67.8 Å². The van der Waals surface area contributed by atoms with Gasteiger partial charge < -0.3 is 19.3 Å². The molecule has 0 atom stereocenters. The van der Waals surface area contributed by atoms with E-state index in [4.69, 9.17) is 9.47 Å². The van der Waals surface area contributed by atoms with Crippen molar-refractivity contribution in [2.45, 2.75) is 0 Å². The molecule has 0 aliphatic carbocycles. The van der Waals surface area contributed by atoms with Crippen LogP contribution in [0.25, 0.3) is 0 Å². The first-order valence-electron chi connectivity index (χ1n) is 9.24. The minimum Gasteiger partial charge on any atom is -0.378 e. The first-order valence-corrected chi connectivity index (χ1v) is 10.3. The summed E-state index contributed by atoms with van der Waals surface area (Å²) < 4.78 is 12.1. The van der Waals surface area contributed by atoms with Crippen LogP contribution in [0.15, 0.2) is 29.4 Å². The molecule has 2 aliphatic heterocycles. The highest BCUT2D eigenvalue weighted by Gasteiger charge is 2.20. The predicted molar refractivity (Wildman–Crippen MR) is 116 cm³/mol. The van der Waals surface area contributed by atoms with Crippen molar-refractivity contribution in [3.05, 3.63) is 33.4 Å². The zero-order valence-corrected chi connectivity index (χ0v) is 17.6. The second-order valence-electron chi connectivity index (χ2n) is 6.38. The van der Waals surface area contributed by atoms with Crippen molar-refractivity contribution in [3.63, 3.8) is 0 Å². The van der Waals surface area contributed by atoms with E-state index >= 15 is 0 Å². The summed E-state index contributed by atoms with van der Waals surface area (Å²) >= 11 is 2.28. The van der Waals surface area contributed by atoms with E-state index in [1.165, 1.54) is 3.57 Å². The summed E-state index contributed by atoms with van der Waals surface area (Å²) in [5.74, 6) is 1.72. The van der Waals surface area contributed by atoms with E-state index in [0.717, 1.165) is 31.7 Å². The Balaban J connectivity index is 1.54. The van der Waals surface area contributed by atoms with E-state index in [0.29, 0.717) is 44.3 Å².